The second kappa shape index (κ2) is 8.67. The standard InChI is InChI=1S/C21H26N2O2/c24-12-11-20(17-5-2-1-3-6-17)15-23-21(25)22-14-16-9-10-18-7-4-8-19(18)13-16/h1-3,5-6,9-10,13,20,24H,4,7-8,11-12,14-15H2,(H2,22,23,25). The molecule has 3 rings (SSSR count). The molecule has 4 heteroatoms. The van der Waals surface area contributed by atoms with Crippen molar-refractivity contribution >= 4 is 6.03 Å². The Hall–Kier alpha value is -2.33. The lowest BCUT2D eigenvalue weighted by molar-refractivity contribution is 0.237. The Bertz CT molecular complexity index is 700. The molecule has 0 bridgehead atoms. The molecule has 2 aromatic carbocycles. The van der Waals surface area contributed by atoms with Crippen molar-refractivity contribution in [1.82, 2.24) is 10.6 Å². The van der Waals surface area contributed by atoms with E-state index in [0.29, 0.717) is 19.5 Å². The molecule has 0 aliphatic heterocycles. The first-order valence-corrected chi connectivity index (χ1v) is 9.04. The third kappa shape index (κ3) is 4.83. The zero-order valence-corrected chi connectivity index (χ0v) is 14.5. The normalized spacial score (nSPS) is 14.0. The second-order valence-electron chi connectivity index (χ2n) is 6.64. The predicted molar refractivity (Wildman–Crippen MR) is 99.6 cm³/mol. The number of amides is 2. The van der Waals surface area contributed by atoms with E-state index in [4.69, 9.17) is 0 Å². The number of nitrogens with one attached hydrogen (secondary N) is 2. The van der Waals surface area contributed by atoms with Gasteiger partial charge in [-0.2, -0.15) is 0 Å². The van der Waals surface area contributed by atoms with Crippen molar-refractivity contribution in [3.63, 3.8) is 0 Å². The number of hydrogen-bond acceptors (Lipinski definition) is 2. The number of carbonyl (C=O) groups excluding carboxylic acids is 1. The molecule has 3 N–H and O–H groups in total. The van der Waals surface area contributed by atoms with E-state index in [0.717, 1.165) is 17.5 Å². The molecule has 0 heterocycles. The van der Waals surface area contributed by atoms with E-state index in [-0.39, 0.29) is 18.6 Å². The molecule has 0 radical (unpaired) electrons. The summed E-state index contributed by atoms with van der Waals surface area (Å²) in [6.07, 6.45) is 4.19. The van der Waals surface area contributed by atoms with Gasteiger partial charge in [0.1, 0.15) is 0 Å². The SMILES string of the molecule is O=C(NCc1ccc2c(c1)CCC2)NCC(CCO)c1ccccc1. The molecule has 0 saturated carbocycles. The van der Waals surface area contributed by atoms with Crippen molar-refractivity contribution < 1.29 is 9.90 Å². The van der Waals surface area contributed by atoms with Crippen LogP contribution in [0.15, 0.2) is 48.5 Å². The Kier molecular flexibility index (Phi) is 6.07. The zero-order chi connectivity index (χ0) is 17.5. The summed E-state index contributed by atoms with van der Waals surface area (Å²) in [5.41, 5.74) is 5.15. The van der Waals surface area contributed by atoms with Gasteiger partial charge in [-0.1, -0.05) is 48.5 Å². The summed E-state index contributed by atoms with van der Waals surface area (Å²) in [5.74, 6) is 0.122. The molecule has 4 nitrogen and oxygen atoms in total. The van der Waals surface area contributed by atoms with Crippen LogP contribution in [-0.4, -0.2) is 24.3 Å². The number of benzene rings is 2. The molecule has 0 spiro atoms. The van der Waals surface area contributed by atoms with Crippen LogP contribution < -0.4 is 10.6 Å². The Balaban J connectivity index is 1.48. The van der Waals surface area contributed by atoms with Crippen molar-refractivity contribution in [2.75, 3.05) is 13.2 Å². The van der Waals surface area contributed by atoms with Gasteiger partial charge in [-0.3, -0.25) is 0 Å². The van der Waals surface area contributed by atoms with Crippen LogP contribution in [-0.2, 0) is 19.4 Å². The maximum absolute atomic E-state index is 12.1. The molecule has 132 valence electrons. The summed E-state index contributed by atoms with van der Waals surface area (Å²) < 4.78 is 0. The van der Waals surface area contributed by atoms with Crippen molar-refractivity contribution in [3.05, 3.63) is 70.8 Å². The molecule has 0 fully saturated rings. The van der Waals surface area contributed by atoms with E-state index < -0.39 is 0 Å². The number of urea groups is 1. The molecule has 1 aliphatic carbocycles. The first-order chi connectivity index (χ1) is 12.3. The topological polar surface area (TPSA) is 61.4 Å². The van der Waals surface area contributed by atoms with Crippen molar-refractivity contribution in [2.45, 2.75) is 38.1 Å². The van der Waals surface area contributed by atoms with Gasteiger partial charge in [-0.05, 0) is 47.9 Å². The van der Waals surface area contributed by atoms with Crippen LogP contribution in [0.25, 0.3) is 0 Å². The van der Waals surface area contributed by atoms with Crippen LogP contribution in [0.2, 0.25) is 0 Å². The van der Waals surface area contributed by atoms with Crippen LogP contribution in [0.3, 0.4) is 0 Å². The van der Waals surface area contributed by atoms with Crippen LogP contribution in [0.1, 0.15) is 41.0 Å². The number of fused-ring (bicyclic) bond motifs is 1. The summed E-state index contributed by atoms with van der Waals surface area (Å²) >= 11 is 0. The lowest BCUT2D eigenvalue weighted by Crippen LogP contribution is -2.37. The van der Waals surface area contributed by atoms with Crippen LogP contribution >= 0.6 is 0 Å². The molecular weight excluding hydrogens is 312 g/mol. The van der Waals surface area contributed by atoms with E-state index in [1.807, 2.05) is 30.3 Å². The van der Waals surface area contributed by atoms with E-state index >= 15 is 0 Å². The lowest BCUT2D eigenvalue weighted by Gasteiger charge is -2.17. The maximum atomic E-state index is 12.1. The molecule has 1 aliphatic rings. The number of rotatable bonds is 7. The Labute approximate surface area is 149 Å². The van der Waals surface area contributed by atoms with Crippen molar-refractivity contribution in [2.24, 2.45) is 0 Å². The number of carbonyl (C=O) groups is 1. The van der Waals surface area contributed by atoms with Gasteiger partial charge in [-0.25, -0.2) is 4.79 Å². The van der Waals surface area contributed by atoms with E-state index in [2.05, 4.69) is 28.8 Å². The highest BCUT2D eigenvalue weighted by Crippen LogP contribution is 2.22. The van der Waals surface area contributed by atoms with Gasteiger partial charge in [0.05, 0.1) is 0 Å². The van der Waals surface area contributed by atoms with Gasteiger partial charge in [0.2, 0.25) is 0 Å². The fraction of sp³-hybridized carbons (Fsp3) is 0.381. The Morgan fingerprint density at radius 3 is 2.64 bits per heavy atom. The zero-order valence-electron chi connectivity index (χ0n) is 14.5. The van der Waals surface area contributed by atoms with E-state index in [1.54, 1.807) is 0 Å². The second-order valence-corrected chi connectivity index (χ2v) is 6.64. The average Bonchev–Trinajstić information content (AvgIpc) is 3.12. The fourth-order valence-electron chi connectivity index (χ4n) is 3.46. The van der Waals surface area contributed by atoms with Crippen molar-refractivity contribution in [3.8, 4) is 0 Å². The number of hydrogen-bond donors (Lipinski definition) is 3. The van der Waals surface area contributed by atoms with Crippen LogP contribution in [0, 0.1) is 0 Å². The summed E-state index contributed by atoms with van der Waals surface area (Å²) in [4.78, 5) is 12.1. The highest BCUT2D eigenvalue weighted by atomic mass is 16.3. The number of aliphatic hydroxyl groups excluding tert-OH is 1. The largest absolute Gasteiger partial charge is 0.396 e. The average molecular weight is 338 g/mol. The summed E-state index contributed by atoms with van der Waals surface area (Å²) in [5, 5.41) is 15.1. The third-order valence-corrected chi connectivity index (χ3v) is 4.87. The first kappa shape index (κ1) is 17.5. The highest BCUT2D eigenvalue weighted by molar-refractivity contribution is 5.73. The van der Waals surface area contributed by atoms with Gasteiger partial charge in [0.25, 0.3) is 0 Å². The van der Waals surface area contributed by atoms with Gasteiger partial charge >= 0.3 is 6.03 Å². The lowest BCUT2D eigenvalue weighted by atomic mass is 9.96. The quantitative estimate of drug-likeness (QED) is 0.726. The minimum atomic E-state index is -0.167. The van der Waals surface area contributed by atoms with Crippen LogP contribution in [0.4, 0.5) is 4.79 Å². The Morgan fingerprint density at radius 1 is 1.04 bits per heavy atom. The van der Waals surface area contributed by atoms with Crippen LogP contribution in [0.5, 0.6) is 0 Å². The fourth-order valence-corrected chi connectivity index (χ4v) is 3.46. The van der Waals surface area contributed by atoms with Gasteiger partial charge in [0.15, 0.2) is 0 Å². The van der Waals surface area contributed by atoms with Gasteiger partial charge in [-0.15, -0.1) is 0 Å². The summed E-state index contributed by atoms with van der Waals surface area (Å²) in [6.45, 7) is 1.16. The van der Waals surface area contributed by atoms with Gasteiger partial charge in [0, 0.05) is 25.6 Å². The third-order valence-electron chi connectivity index (χ3n) is 4.87. The molecule has 0 aromatic heterocycles. The van der Waals surface area contributed by atoms with Gasteiger partial charge < -0.3 is 15.7 Å². The summed E-state index contributed by atoms with van der Waals surface area (Å²) in [7, 11) is 0. The summed E-state index contributed by atoms with van der Waals surface area (Å²) in [6, 6.07) is 16.3. The molecular formula is C21H26N2O2. The van der Waals surface area contributed by atoms with E-state index in [1.165, 1.54) is 24.0 Å². The van der Waals surface area contributed by atoms with E-state index in [9.17, 15) is 9.90 Å². The minimum absolute atomic E-state index is 0.109. The highest BCUT2D eigenvalue weighted by Gasteiger charge is 2.13. The maximum Gasteiger partial charge on any atom is 0.315 e. The molecule has 1 atom stereocenters. The first-order valence-electron chi connectivity index (χ1n) is 9.04. The molecule has 2 aromatic rings. The molecule has 25 heavy (non-hydrogen) atoms. The molecule has 1 unspecified atom stereocenters. The smallest absolute Gasteiger partial charge is 0.315 e. The number of aryl methyl sites for hydroxylation is 2. The molecule has 2 amide bonds. The minimum Gasteiger partial charge on any atom is -0.396 e. The molecule has 0 saturated heterocycles. The van der Waals surface area contributed by atoms with Crippen molar-refractivity contribution in [1.29, 1.82) is 0 Å². The predicted octanol–water partition coefficient (Wildman–Crippen LogP) is 3.14. The monoisotopic (exact) mass is 338 g/mol. The number of aliphatic hydroxyl groups is 1. The Morgan fingerprint density at radius 2 is 1.84 bits per heavy atom.